The number of anilines is 1. The first-order valence-corrected chi connectivity index (χ1v) is 7.18. The number of pyridine rings is 1. The summed E-state index contributed by atoms with van der Waals surface area (Å²) in [4.78, 5) is 3.58. The standard InChI is InChI=1S/C17H22N2/c1-17(2,3)11-8-9-15-13(10-11)16(18)12-6-4-5-7-14(12)19-15/h4-7,11H,8-10H2,1-3H3,(H2,18,19)/p+1/t11-/m1/s1. The Bertz CT molecular complexity index is 623. The number of benzene rings is 1. The zero-order valence-corrected chi connectivity index (χ0v) is 12.1. The quantitative estimate of drug-likeness (QED) is 0.770. The molecule has 0 radical (unpaired) electrons. The second kappa shape index (κ2) is 4.22. The first kappa shape index (κ1) is 12.5. The number of aryl methyl sites for hydroxylation is 1. The Morgan fingerprint density at radius 2 is 1.95 bits per heavy atom. The molecule has 0 saturated carbocycles. The second-order valence-electron chi connectivity index (χ2n) is 6.85. The van der Waals surface area contributed by atoms with Crippen LogP contribution in [0.3, 0.4) is 0 Å². The SMILES string of the molecule is CC(C)(C)[C@@H]1CCc2[nH+]c3ccccc3c(N)c2C1. The van der Waals surface area contributed by atoms with E-state index in [2.05, 4.69) is 50.0 Å². The zero-order chi connectivity index (χ0) is 13.6. The molecule has 1 aromatic carbocycles. The van der Waals surface area contributed by atoms with E-state index in [1.807, 2.05) is 0 Å². The van der Waals surface area contributed by atoms with Gasteiger partial charge in [0.1, 0.15) is 0 Å². The number of aromatic nitrogens is 1. The van der Waals surface area contributed by atoms with Crippen LogP contribution in [0.25, 0.3) is 10.9 Å². The van der Waals surface area contributed by atoms with Crippen LogP contribution in [0.5, 0.6) is 0 Å². The highest BCUT2D eigenvalue weighted by molar-refractivity contribution is 5.89. The fourth-order valence-corrected chi connectivity index (χ4v) is 3.24. The summed E-state index contributed by atoms with van der Waals surface area (Å²) in [5.74, 6) is 0.719. The Balaban J connectivity index is 2.12. The maximum absolute atomic E-state index is 6.43. The van der Waals surface area contributed by atoms with Gasteiger partial charge in [-0.15, -0.1) is 0 Å². The van der Waals surface area contributed by atoms with Gasteiger partial charge in [-0.3, -0.25) is 0 Å². The van der Waals surface area contributed by atoms with Crippen molar-refractivity contribution in [1.82, 2.24) is 0 Å². The summed E-state index contributed by atoms with van der Waals surface area (Å²) < 4.78 is 0. The molecule has 0 saturated heterocycles. The minimum absolute atomic E-state index is 0.357. The van der Waals surface area contributed by atoms with Crippen molar-refractivity contribution in [3.8, 4) is 0 Å². The summed E-state index contributed by atoms with van der Waals surface area (Å²) in [6.07, 6.45) is 3.48. The Labute approximate surface area is 115 Å². The lowest BCUT2D eigenvalue weighted by atomic mass is 9.71. The van der Waals surface area contributed by atoms with Crippen LogP contribution in [-0.2, 0) is 12.8 Å². The van der Waals surface area contributed by atoms with E-state index in [1.54, 1.807) is 0 Å². The molecular weight excluding hydrogens is 232 g/mol. The minimum Gasteiger partial charge on any atom is -0.398 e. The van der Waals surface area contributed by atoms with Crippen LogP contribution >= 0.6 is 0 Å². The number of H-pyrrole nitrogens is 1. The molecule has 1 heterocycles. The van der Waals surface area contributed by atoms with E-state index in [0.717, 1.165) is 35.3 Å². The smallest absolute Gasteiger partial charge is 0.213 e. The van der Waals surface area contributed by atoms with Gasteiger partial charge in [0.05, 0.1) is 11.1 Å². The van der Waals surface area contributed by atoms with Crippen LogP contribution in [0.1, 0.15) is 38.4 Å². The summed E-state index contributed by atoms with van der Waals surface area (Å²) in [6, 6.07) is 8.35. The first-order chi connectivity index (χ1) is 8.97. The van der Waals surface area contributed by atoms with Crippen LogP contribution in [0.4, 0.5) is 5.69 Å². The molecule has 19 heavy (non-hydrogen) atoms. The molecule has 100 valence electrons. The van der Waals surface area contributed by atoms with E-state index < -0.39 is 0 Å². The maximum atomic E-state index is 6.43. The van der Waals surface area contributed by atoms with Gasteiger partial charge in [-0.05, 0) is 30.2 Å². The lowest BCUT2D eigenvalue weighted by molar-refractivity contribution is -0.359. The Morgan fingerprint density at radius 3 is 2.68 bits per heavy atom. The molecular formula is C17H23N2+. The van der Waals surface area contributed by atoms with Crippen molar-refractivity contribution in [2.45, 2.75) is 40.0 Å². The molecule has 0 spiro atoms. The highest BCUT2D eigenvalue weighted by Crippen LogP contribution is 2.39. The topological polar surface area (TPSA) is 40.2 Å². The van der Waals surface area contributed by atoms with Gasteiger partial charge in [0.15, 0.2) is 5.69 Å². The number of rotatable bonds is 0. The van der Waals surface area contributed by atoms with Crippen LogP contribution in [-0.4, -0.2) is 0 Å². The maximum Gasteiger partial charge on any atom is 0.213 e. The lowest BCUT2D eigenvalue weighted by Gasteiger charge is -2.33. The normalized spacial score (nSPS) is 19.4. The third-order valence-corrected chi connectivity index (χ3v) is 4.61. The van der Waals surface area contributed by atoms with Crippen molar-refractivity contribution < 1.29 is 4.98 Å². The molecule has 2 aromatic rings. The third kappa shape index (κ3) is 2.09. The second-order valence-corrected chi connectivity index (χ2v) is 6.85. The van der Waals surface area contributed by atoms with Gasteiger partial charge in [-0.25, -0.2) is 4.98 Å². The van der Waals surface area contributed by atoms with Gasteiger partial charge in [0.2, 0.25) is 5.52 Å². The van der Waals surface area contributed by atoms with Crippen molar-refractivity contribution in [2.75, 3.05) is 5.73 Å². The predicted octanol–water partition coefficient (Wildman–Crippen LogP) is 3.39. The number of fused-ring (bicyclic) bond motifs is 2. The Hall–Kier alpha value is -1.57. The monoisotopic (exact) mass is 255 g/mol. The van der Waals surface area contributed by atoms with Gasteiger partial charge >= 0.3 is 0 Å². The molecule has 3 rings (SSSR count). The number of nitrogen functional groups attached to an aromatic ring is 1. The zero-order valence-electron chi connectivity index (χ0n) is 12.1. The summed E-state index contributed by atoms with van der Waals surface area (Å²) in [5, 5.41) is 1.16. The van der Waals surface area contributed by atoms with Crippen LogP contribution in [0.2, 0.25) is 0 Å². The van der Waals surface area contributed by atoms with E-state index in [0.29, 0.717) is 5.41 Å². The van der Waals surface area contributed by atoms with Crippen LogP contribution in [0.15, 0.2) is 24.3 Å². The fourth-order valence-electron chi connectivity index (χ4n) is 3.24. The highest BCUT2D eigenvalue weighted by Gasteiger charge is 2.33. The summed E-state index contributed by atoms with van der Waals surface area (Å²) in [5.41, 5.74) is 11.6. The van der Waals surface area contributed by atoms with Gasteiger partial charge in [0.25, 0.3) is 0 Å². The molecule has 0 fully saturated rings. The molecule has 0 unspecified atom stereocenters. The molecule has 2 heteroatoms. The molecule has 1 aromatic heterocycles. The van der Waals surface area contributed by atoms with E-state index in [1.165, 1.54) is 17.7 Å². The average Bonchev–Trinajstić information content (AvgIpc) is 2.37. The van der Waals surface area contributed by atoms with Gasteiger partial charge in [0, 0.05) is 18.1 Å². The number of hydrogen-bond donors (Lipinski definition) is 1. The fraction of sp³-hybridized carbons (Fsp3) is 0.471. The number of para-hydroxylation sites is 1. The molecule has 3 N–H and O–H groups in total. The average molecular weight is 255 g/mol. The lowest BCUT2D eigenvalue weighted by Crippen LogP contribution is -2.31. The number of aromatic amines is 1. The predicted molar refractivity (Wildman–Crippen MR) is 79.9 cm³/mol. The van der Waals surface area contributed by atoms with Crippen molar-refractivity contribution in [3.63, 3.8) is 0 Å². The van der Waals surface area contributed by atoms with Crippen molar-refractivity contribution in [1.29, 1.82) is 0 Å². The summed E-state index contributed by atoms with van der Waals surface area (Å²) >= 11 is 0. The van der Waals surface area contributed by atoms with Crippen LogP contribution in [0, 0.1) is 11.3 Å². The van der Waals surface area contributed by atoms with E-state index >= 15 is 0 Å². The minimum atomic E-state index is 0.357. The molecule has 1 aliphatic rings. The first-order valence-electron chi connectivity index (χ1n) is 7.18. The number of nitrogens with two attached hydrogens (primary N) is 1. The number of hydrogen-bond acceptors (Lipinski definition) is 1. The third-order valence-electron chi connectivity index (χ3n) is 4.61. The Morgan fingerprint density at radius 1 is 1.21 bits per heavy atom. The molecule has 2 nitrogen and oxygen atoms in total. The molecule has 1 atom stereocenters. The van der Waals surface area contributed by atoms with Gasteiger partial charge in [-0.1, -0.05) is 32.9 Å². The highest BCUT2D eigenvalue weighted by atomic mass is 14.7. The van der Waals surface area contributed by atoms with E-state index in [9.17, 15) is 0 Å². The summed E-state index contributed by atoms with van der Waals surface area (Å²) in [6.45, 7) is 7.01. The number of nitrogens with one attached hydrogen (secondary N) is 1. The largest absolute Gasteiger partial charge is 0.398 e. The van der Waals surface area contributed by atoms with E-state index in [4.69, 9.17) is 5.73 Å². The van der Waals surface area contributed by atoms with Gasteiger partial charge in [-0.2, -0.15) is 0 Å². The molecule has 1 aliphatic carbocycles. The van der Waals surface area contributed by atoms with Crippen molar-refractivity contribution in [3.05, 3.63) is 35.5 Å². The Kier molecular flexibility index (Phi) is 2.77. The molecule has 0 amide bonds. The van der Waals surface area contributed by atoms with Crippen LogP contribution < -0.4 is 10.7 Å². The van der Waals surface area contributed by atoms with Crippen molar-refractivity contribution in [2.24, 2.45) is 11.3 Å². The van der Waals surface area contributed by atoms with Crippen molar-refractivity contribution >= 4 is 16.6 Å². The van der Waals surface area contributed by atoms with E-state index in [-0.39, 0.29) is 0 Å². The molecule has 0 bridgehead atoms. The molecule has 0 aliphatic heterocycles. The van der Waals surface area contributed by atoms with Gasteiger partial charge < -0.3 is 5.73 Å². The summed E-state index contributed by atoms with van der Waals surface area (Å²) in [7, 11) is 0.